The molecule has 144 valence electrons. The van der Waals surface area contributed by atoms with Crippen molar-refractivity contribution in [2.45, 2.75) is 20.3 Å². The van der Waals surface area contributed by atoms with E-state index in [9.17, 15) is 14.0 Å². The summed E-state index contributed by atoms with van der Waals surface area (Å²) < 4.78 is 20.3. The average molecular weight is 381 g/mol. The maximum Gasteiger partial charge on any atom is 0.310 e. The van der Waals surface area contributed by atoms with E-state index >= 15 is 0 Å². The highest BCUT2D eigenvalue weighted by atomic mass is 19.1. The van der Waals surface area contributed by atoms with Crippen LogP contribution in [0.25, 0.3) is 5.69 Å². The van der Waals surface area contributed by atoms with E-state index in [-0.39, 0.29) is 12.1 Å². The Kier molecular flexibility index (Phi) is 5.84. The van der Waals surface area contributed by atoms with Crippen LogP contribution in [0.1, 0.15) is 17.0 Å². The fraction of sp³-hybridized carbons (Fsp3) is 0.190. The van der Waals surface area contributed by atoms with E-state index in [1.807, 2.05) is 44.2 Å². The summed E-state index contributed by atoms with van der Waals surface area (Å²) in [6, 6.07) is 15.4. The standard InChI is InChI=1S/C21H20FN3O3/c1-14-17(15(2)25(24-14)16-8-4-3-5-9-16)12-21(27)28-13-20(26)23-19-11-7-6-10-18(19)22/h3-11H,12-13H2,1-2H3,(H,23,26). The fourth-order valence-corrected chi connectivity index (χ4v) is 2.84. The van der Waals surface area contributed by atoms with Crippen LogP contribution >= 0.6 is 0 Å². The number of anilines is 1. The summed E-state index contributed by atoms with van der Waals surface area (Å²) in [6.45, 7) is 3.21. The summed E-state index contributed by atoms with van der Waals surface area (Å²) in [5.41, 5.74) is 3.24. The highest BCUT2D eigenvalue weighted by Gasteiger charge is 2.17. The molecule has 0 aliphatic carbocycles. The number of carbonyl (C=O) groups is 2. The first-order chi connectivity index (χ1) is 13.5. The number of amides is 1. The quantitative estimate of drug-likeness (QED) is 0.665. The summed E-state index contributed by atoms with van der Waals surface area (Å²) in [7, 11) is 0. The van der Waals surface area contributed by atoms with Crippen molar-refractivity contribution in [2.24, 2.45) is 0 Å². The lowest BCUT2D eigenvalue weighted by Crippen LogP contribution is -2.22. The Labute approximate surface area is 161 Å². The van der Waals surface area contributed by atoms with Crippen LogP contribution in [0.3, 0.4) is 0 Å². The van der Waals surface area contributed by atoms with Crippen molar-refractivity contribution in [2.75, 3.05) is 11.9 Å². The number of nitrogens with one attached hydrogen (secondary N) is 1. The second kappa shape index (κ2) is 8.47. The number of esters is 1. The molecule has 2 aromatic carbocycles. The Bertz CT molecular complexity index is 999. The SMILES string of the molecule is Cc1nn(-c2ccccc2)c(C)c1CC(=O)OCC(=O)Nc1ccccc1F. The topological polar surface area (TPSA) is 73.2 Å². The molecule has 0 radical (unpaired) electrons. The van der Waals surface area contributed by atoms with Gasteiger partial charge in [-0.1, -0.05) is 30.3 Å². The Morgan fingerprint density at radius 1 is 1.07 bits per heavy atom. The van der Waals surface area contributed by atoms with E-state index in [0.717, 1.165) is 16.9 Å². The molecule has 0 saturated heterocycles. The third kappa shape index (κ3) is 4.43. The first-order valence-electron chi connectivity index (χ1n) is 8.76. The van der Waals surface area contributed by atoms with Crippen LogP contribution in [0.5, 0.6) is 0 Å². The number of hydrogen-bond acceptors (Lipinski definition) is 4. The summed E-state index contributed by atoms with van der Waals surface area (Å²) in [6.07, 6.45) is -0.00250. The zero-order valence-corrected chi connectivity index (χ0v) is 15.6. The van der Waals surface area contributed by atoms with Crippen LogP contribution < -0.4 is 5.32 Å². The summed E-state index contributed by atoms with van der Waals surface area (Å²) in [5, 5.41) is 6.85. The minimum absolute atomic E-state index is 0.00250. The van der Waals surface area contributed by atoms with E-state index in [0.29, 0.717) is 5.69 Å². The van der Waals surface area contributed by atoms with Gasteiger partial charge in [0, 0.05) is 11.3 Å². The summed E-state index contributed by atoms with van der Waals surface area (Å²) in [4.78, 5) is 24.0. The van der Waals surface area contributed by atoms with E-state index in [1.165, 1.54) is 18.2 Å². The molecule has 0 atom stereocenters. The molecule has 0 unspecified atom stereocenters. The predicted molar refractivity (Wildman–Crippen MR) is 103 cm³/mol. The van der Waals surface area contributed by atoms with Gasteiger partial charge in [-0.25, -0.2) is 9.07 Å². The van der Waals surface area contributed by atoms with Gasteiger partial charge in [-0.2, -0.15) is 5.10 Å². The van der Waals surface area contributed by atoms with Crippen molar-refractivity contribution in [3.8, 4) is 5.69 Å². The first kappa shape index (κ1) is 19.3. The number of halogens is 1. The Morgan fingerprint density at radius 3 is 2.46 bits per heavy atom. The van der Waals surface area contributed by atoms with E-state index < -0.39 is 24.3 Å². The summed E-state index contributed by atoms with van der Waals surface area (Å²) >= 11 is 0. The highest BCUT2D eigenvalue weighted by Crippen LogP contribution is 2.19. The molecule has 7 heteroatoms. The van der Waals surface area contributed by atoms with E-state index in [2.05, 4.69) is 10.4 Å². The Balaban J connectivity index is 1.60. The number of aryl methyl sites for hydroxylation is 1. The smallest absolute Gasteiger partial charge is 0.310 e. The molecule has 0 bridgehead atoms. The number of aromatic nitrogens is 2. The van der Waals surface area contributed by atoms with Gasteiger partial charge in [0.25, 0.3) is 5.91 Å². The highest BCUT2D eigenvalue weighted by molar-refractivity contribution is 5.93. The first-order valence-corrected chi connectivity index (χ1v) is 8.76. The molecule has 1 N–H and O–H groups in total. The average Bonchev–Trinajstić information content (AvgIpc) is 2.97. The van der Waals surface area contributed by atoms with E-state index in [4.69, 9.17) is 4.74 Å². The van der Waals surface area contributed by atoms with Gasteiger partial charge in [-0.15, -0.1) is 0 Å². The van der Waals surface area contributed by atoms with Gasteiger partial charge in [0.1, 0.15) is 5.82 Å². The molecule has 0 aliphatic heterocycles. The molecule has 3 aromatic rings. The minimum atomic E-state index is -0.605. The number of benzene rings is 2. The van der Waals surface area contributed by atoms with Gasteiger partial charge >= 0.3 is 5.97 Å². The molecular formula is C21H20FN3O3. The number of ether oxygens (including phenoxy) is 1. The van der Waals surface area contributed by atoms with E-state index in [1.54, 1.807) is 10.7 Å². The molecule has 3 rings (SSSR count). The zero-order valence-electron chi connectivity index (χ0n) is 15.6. The third-order valence-electron chi connectivity index (χ3n) is 4.28. The van der Waals surface area contributed by atoms with Gasteiger partial charge < -0.3 is 10.1 Å². The predicted octanol–water partition coefficient (Wildman–Crippen LogP) is 3.35. The number of para-hydroxylation sites is 2. The van der Waals surface area contributed by atoms with Crippen LogP contribution in [0.15, 0.2) is 54.6 Å². The number of hydrogen-bond donors (Lipinski definition) is 1. The fourth-order valence-electron chi connectivity index (χ4n) is 2.84. The maximum absolute atomic E-state index is 13.5. The lowest BCUT2D eigenvalue weighted by atomic mass is 10.1. The normalized spacial score (nSPS) is 10.5. The second-order valence-electron chi connectivity index (χ2n) is 6.26. The van der Waals surface area contributed by atoms with Crippen LogP contribution in [0.2, 0.25) is 0 Å². The molecule has 1 heterocycles. The second-order valence-corrected chi connectivity index (χ2v) is 6.26. The van der Waals surface area contributed by atoms with Gasteiger partial charge in [0.15, 0.2) is 6.61 Å². The maximum atomic E-state index is 13.5. The molecule has 6 nitrogen and oxygen atoms in total. The molecule has 1 amide bonds. The van der Waals surface area contributed by atoms with Crippen molar-refractivity contribution >= 4 is 17.6 Å². The number of carbonyl (C=O) groups excluding carboxylic acids is 2. The molecular weight excluding hydrogens is 361 g/mol. The van der Waals surface area contributed by atoms with Crippen molar-refractivity contribution in [1.82, 2.24) is 9.78 Å². The van der Waals surface area contributed by atoms with Crippen LogP contribution in [0.4, 0.5) is 10.1 Å². The zero-order chi connectivity index (χ0) is 20.1. The third-order valence-corrected chi connectivity index (χ3v) is 4.28. The van der Waals surface area contributed by atoms with Crippen molar-refractivity contribution in [3.05, 3.63) is 77.4 Å². The van der Waals surface area contributed by atoms with Gasteiger partial charge in [-0.3, -0.25) is 9.59 Å². The molecule has 0 fully saturated rings. The number of nitrogens with zero attached hydrogens (tertiary/aromatic N) is 2. The lowest BCUT2D eigenvalue weighted by molar-refractivity contribution is -0.146. The van der Waals surface area contributed by atoms with Crippen LogP contribution in [-0.2, 0) is 20.7 Å². The van der Waals surface area contributed by atoms with Gasteiger partial charge in [-0.05, 0) is 38.1 Å². The van der Waals surface area contributed by atoms with Gasteiger partial charge in [0.2, 0.25) is 0 Å². The molecule has 28 heavy (non-hydrogen) atoms. The van der Waals surface area contributed by atoms with Crippen molar-refractivity contribution in [1.29, 1.82) is 0 Å². The number of rotatable bonds is 6. The Hall–Kier alpha value is -3.48. The van der Waals surface area contributed by atoms with Crippen LogP contribution in [0, 0.1) is 19.7 Å². The van der Waals surface area contributed by atoms with Crippen molar-refractivity contribution in [3.63, 3.8) is 0 Å². The molecule has 0 spiro atoms. The summed E-state index contributed by atoms with van der Waals surface area (Å²) in [5.74, 6) is -1.71. The molecule has 1 aromatic heterocycles. The molecule has 0 saturated carbocycles. The molecule has 0 aliphatic rings. The monoisotopic (exact) mass is 381 g/mol. The Morgan fingerprint density at radius 2 is 1.75 bits per heavy atom. The van der Waals surface area contributed by atoms with Crippen LogP contribution in [-0.4, -0.2) is 28.3 Å². The van der Waals surface area contributed by atoms with Gasteiger partial charge in [0.05, 0.1) is 23.5 Å². The largest absolute Gasteiger partial charge is 0.455 e. The lowest BCUT2D eigenvalue weighted by Gasteiger charge is -2.08. The van der Waals surface area contributed by atoms with Crippen molar-refractivity contribution < 1.29 is 18.7 Å². The minimum Gasteiger partial charge on any atom is -0.455 e.